The van der Waals surface area contributed by atoms with E-state index in [9.17, 15) is 9.59 Å². The Morgan fingerprint density at radius 2 is 0.620 bits per heavy atom. The molecule has 0 saturated heterocycles. The maximum absolute atomic E-state index is 12.1. The van der Waals surface area contributed by atoms with Crippen molar-refractivity contribution >= 4 is 11.8 Å². The molecule has 0 saturated carbocycles. The van der Waals surface area contributed by atoms with Crippen molar-refractivity contribution in [3.05, 3.63) is 97.2 Å². The standard InChI is InChI=1S/C46H76N2O2/c1-3-5-7-9-11-13-15-17-19-21-23-25-27-29-31-33-37-41-45(49)47-43-39-35-36-40-44-48-46(50)42-38-34-32-30-28-26-24-22-20-18-16-14-12-10-8-6-4-2/h11-14,17-20,23-26,29-32H,3-10,15-16,21-22,27-28,33-44H2,1-2H3,(H,47,49)(H,48,50). The highest BCUT2D eigenvalue weighted by Gasteiger charge is 2.01. The zero-order valence-electron chi connectivity index (χ0n) is 32.4. The van der Waals surface area contributed by atoms with Gasteiger partial charge in [0.15, 0.2) is 0 Å². The fourth-order valence-electron chi connectivity index (χ4n) is 5.12. The first-order valence-corrected chi connectivity index (χ1v) is 20.4. The smallest absolute Gasteiger partial charge is 0.220 e. The molecule has 0 spiro atoms. The van der Waals surface area contributed by atoms with E-state index in [1.54, 1.807) is 0 Å². The molecule has 0 heterocycles. The molecule has 2 amide bonds. The lowest BCUT2D eigenvalue weighted by Crippen LogP contribution is -2.24. The second kappa shape index (κ2) is 42.0. The Morgan fingerprint density at radius 3 is 0.920 bits per heavy atom. The summed E-state index contributed by atoms with van der Waals surface area (Å²) in [4.78, 5) is 24.1. The van der Waals surface area contributed by atoms with Gasteiger partial charge in [-0.05, 0) is 103 Å². The monoisotopic (exact) mass is 689 g/mol. The minimum Gasteiger partial charge on any atom is -0.356 e. The molecule has 50 heavy (non-hydrogen) atoms. The highest BCUT2D eigenvalue weighted by Crippen LogP contribution is 2.04. The van der Waals surface area contributed by atoms with Crippen LogP contribution in [0.4, 0.5) is 0 Å². The van der Waals surface area contributed by atoms with E-state index in [1.807, 2.05) is 0 Å². The van der Waals surface area contributed by atoms with Crippen LogP contribution in [-0.2, 0) is 9.59 Å². The maximum atomic E-state index is 12.1. The van der Waals surface area contributed by atoms with Crippen LogP contribution in [0.2, 0.25) is 0 Å². The molecule has 0 aliphatic rings. The van der Waals surface area contributed by atoms with E-state index in [-0.39, 0.29) is 11.8 Å². The highest BCUT2D eigenvalue weighted by atomic mass is 16.2. The van der Waals surface area contributed by atoms with Gasteiger partial charge in [-0.15, -0.1) is 0 Å². The minimum atomic E-state index is 0.152. The van der Waals surface area contributed by atoms with Crippen molar-refractivity contribution in [2.75, 3.05) is 13.1 Å². The summed E-state index contributed by atoms with van der Waals surface area (Å²) in [6, 6.07) is 0. The van der Waals surface area contributed by atoms with Crippen LogP contribution >= 0.6 is 0 Å². The molecule has 282 valence electrons. The summed E-state index contributed by atoms with van der Waals surface area (Å²) in [7, 11) is 0. The van der Waals surface area contributed by atoms with E-state index in [2.05, 4.69) is 122 Å². The minimum absolute atomic E-state index is 0.152. The summed E-state index contributed by atoms with van der Waals surface area (Å²) in [5.41, 5.74) is 0. The second-order valence-corrected chi connectivity index (χ2v) is 13.1. The number of amides is 2. The predicted octanol–water partition coefficient (Wildman–Crippen LogP) is 13.1. The van der Waals surface area contributed by atoms with Gasteiger partial charge in [0, 0.05) is 25.9 Å². The van der Waals surface area contributed by atoms with Crippen LogP contribution in [0.15, 0.2) is 97.2 Å². The van der Waals surface area contributed by atoms with Gasteiger partial charge >= 0.3 is 0 Å². The molecule has 0 atom stereocenters. The molecular formula is C46H76N2O2. The van der Waals surface area contributed by atoms with Crippen molar-refractivity contribution in [2.24, 2.45) is 0 Å². The number of carbonyl (C=O) groups is 2. The van der Waals surface area contributed by atoms with Crippen LogP contribution in [0.25, 0.3) is 0 Å². The summed E-state index contributed by atoms with van der Waals surface area (Å²) in [5, 5.41) is 6.08. The van der Waals surface area contributed by atoms with Crippen molar-refractivity contribution in [3.63, 3.8) is 0 Å². The summed E-state index contributed by atoms with van der Waals surface area (Å²) in [6.07, 6.45) is 60.9. The molecule has 4 nitrogen and oxygen atoms in total. The Bertz CT molecular complexity index is 916. The van der Waals surface area contributed by atoms with E-state index < -0.39 is 0 Å². The van der Waals surface area contributed by atoms with E-state index in [4.69, 9.17) is 0 Å². The van der Waals surface area contributed by atoms with Gasteiger partial charge in [-0.2, -0.15) is 0 Å². The van der Waals surface area contributed by atoms with Crippen molar-refractivity contribution in [3.8, 4) is 0 Å². The quantitative estimate of drug-likeness (QED) is 0.0514. The molecular weight excluding hydrogens is 613 g/mol. The van der Waals surface area contributed by atoms with Gasteiger partial charge in [-0.25, -0.2) is 0 Å². The molecule has 0 aromatic rings. The summed E-state index contributed by atoms with van der Waals surface area (Å²) >= 11 is 0. The van der Waals surface area contributed by atoms with Crippen molar-refractivity contribution in [1.29, 1.82) is 0 Å². The molecule has 0 aliphatic heterocycles. The number of carbonyl (C=O) groups excluding carboxylic acids is 2. The lowest BCUT2D eigenvalue weighted by Gasteiger charge is -2.06. The molecule has 4 heteroatoms. The molecule has 0 aromatic heterocycles. The topological polar surface area (TPSA) is 58.2 Å². The average Bonchev–Trinajstić information content (AvgIpc) is 3.12. The molecule has 0 aromatic carbocycles. The van der Waals surface area contributed by atoms with Crippen LogP contribution in [0.3, 0.4) is 0 Å². The number of unbranched alkanes of at least 4 members (excludes halogenated alkanes) is 11. The van der Waals surface area contributed by atoms with Gasteiger partial charge < -0.3 is 10.6 Å². The van der Waals surface area contributed by atoms with Crippen LogP contribution in [0, 0.1) is 0 Å². The van der Waals surface area contributed by atoms with Crippen LogP contribution < -0.4 is 10.6 Å². The lowest BCUT2D eigenvalue weighted by atomic mass is 10.1. The van der Waals surface area contributed by atoms with E-state index in [0.717, 1.165) is 103 Å². The fraction of sp³-hybridized carbons (Fsp3) is 0.609. The SMILES string of the molecule is CCCCCC=CCC=CCC=CCC=CCCCC(=O)NCCCCCCNC(=O)CCCC=CCC=CCC=CCC=CCCCCC. The second-order valence-electron chi connectivity index (χ2n) is 13.1. The summed E-state index contributed by atoms with van der Waals surface area (Å²) < 4.78 is 0. The number of hydrogen-bond acceptors (Lipinski definition) is 2. The molecule has 2 N–H and O–H groups in total. The van der Waals surface area contributed by atoms with Crippen molar-refractivity contribution in [2.45, 2.75) is 168 Å². The third-order valence-corrected chi connectivity index (χ3v) is 8.21. The zero-order chi connectivity index (χ0) is 36.3. The fourth-order valence-corrected chi connectivity index (χ4v) is 5.12. The Kier molecular flexibility index (Phi) is 39.4. The maximum Gasteiger partial charge on any atom is 0.220 e. The Hall–Kier alpha value is -3.14. The first kappa shape index (κ1) is 46.9. The average molecular weight is 689 g/mol. The lowest BCUT2D eigenvalue weighted by molar-refractivity contribution is -0.122. The third-order valence-electron chi connectivity index (χ3n) is 8.21. The molecule has 0 aliphatic carbocycles. The van der Waals surface area contributed by atoms with Crippen molar-refractivity contribution < 1.29 is 9.59 Å². The van der Waals surface area contributed by atoms with Gasteiger partial charge in [0.1, 0.15) is 0 Å². The van der Waals surface area contributed by atoms with Crippen LogP contribution in [0.5, 0.6) is 0 Å². The summed E-state index contributed by atoms with van der Waals surface area (Å²) in [5.74, 6) is 0.304. The molecule has 0 unspecified atom stereocenters. The largest absolute Gasteiger partial charge is 0.356 e. The van der Waals surface area contributed by atoms with Gasteiger partial charge in [0.05, 0.1) is 0 Å². The Balaban J connectivity index is 3.50. The van der Waals surface area contributed by atoms with Gasteiger partial charge in [-0.3, -0.25) is 9.59 Å². The van der Waals surface area contributed by atoms with E-state index >= 15 is 0 Å². The van der Waals surface area contributed by atoms with E-state index in [0.29, 0.717) is 12.8 Å². The number of allylic oxidation sites excluding steroid dienone is 16. The Labute approximate surface area is 309 Å². The highest BCUT2D eigenvalue weighted by molar-refractivity contribution is 5.76. The predicted molar refractivity (Wildman–Crippen MR) is 221 cm³/mol. The normalized spacial score (nSPS) is 12.6. The zero-order valence-corrected chi connectivity index (χ0v) is 32.4. The van der Waals surface area contributed by atoms with Crippen molar-refractivity contribution in [1.82, 2.24) is 10.6 Å². The third kappa shape index (κ3) is 41.0. The first-order chi connectivity index (χ1) is 24.7. The van der Waals surface area contributed by atoms with Gasteiger partial charge in [0.2, 0.25) is 11.8 Å². The molecule has 0 fully saturated rings. The molecule has 0 radical (unpaired) electrons. The van der Waals surface area contributed by atoms with Gasteiger partial charge in [0.25, 0.3) is 0 Å². The Morgan fingerprint density at radius 1 is 0.340 bits per heavy atom. The first-order valence-electron chi connectivity index (χ1n) is 20.4. The van der Waals surface area contributed by atoms with Crippen LogP contribution in [-0.4, -0.2) is 24.9 Å². The van der Waals surface area contributed by atoms with Gasteiger partial charge in [-0.1, -0.05) is 150 Å². The van der Waals surface area contributed by atoms with E-state index in [1.165, 1.54) is 51.4 Å². The molecule has 0 rings (SSSR count). The number of rotatable bonds is 35. The van der Waals surface area contributed by atoms with Crippen LogP contribution in [0.1, 0.15) is 168 Å². The number of nitrogens with one attached hydrogen (secondary N) is 2. The molecule has 0 bridgehead atoms. The summed E-state index contributed by atoms with van der Waals surface area (Å²) in [6.45, 7) is 5.97. The number of hydrogen-bond donors (Lipinski definition) is 2.